The van der Waals surface area contributed by atoms with E-state index < -0.39 is 0 Å². The molecule has 0 spiro atoms. The van der Waals surface area contributed by atoms with Crippen molar-refractivity contribution in [2.45, 2.75) is 13.8 Å². The number of rotatable bonds is 7. The minimum atomic E-state index is 0.692. The molecule has 0 atom stereocenters. The van der Waals surface area contributed by atoms with Gasteiger partial charge >= 0.3 is 0 Å². The molecule has 0 unspecified atom stereocenters. The molecule has 5 nitrogen and oxygen atoms in total. The number of aromatic nitrogens is 2. The highest BCUT2D eigenvalue weighted by Gasteiger charge is 1.96. The van der Waals surface area contributed by atoms with Gasteiger partial charge in [0.15, 0.2) is 0 Å². The van der Waals surface area contributed by atoms with Crippen molar-refractivity contribution in [1.82, 2.24) is 9.97 Å². The molecule has 1 aromatic rings. The summed E-state index contributed by atoms with van der Waals surface area (Å²) in [5.74, 6) is 1.66. The molecule has 0 aliphatic rings. The Kier molecular flexibility index (Phi) is 5.47. The molecule has 0 saturated heterocycles. The van der Waals surface area contributed by atoms with E-state index in [9.17, 15) is 0 Å². The van der Waals surface area contributed by atoms with Crippen LogP contribution in [0.15, 0.2) is 12.4 Å². The van der Waals surface area contributed by atoms with E-state index >= 15 is 0 Å². The van der Waals surface area contributed by atoms with Gasteiger partial charge in [-0.1, -0.05) is 0 Å². The zero-order chi connectivity index (χ0) is 10.9. The monoisotopic (exact) mass is 210 g/mol. The van der Waals surface area contributed by atoms with Crippen LogP contribution in [0.2, 0.25) is 0 Å². The average molecular weight is 210 g/mol. The molecular weight excluding hydrogens is 192 g/mol. The van der Waals surface area contributed by atoms with Crippen LogP contribution in [0, 0.1) is 0 Å². The molecule has 84 valence electrons. The second-order valence-electron chi connectivity index (χ2n) is 2.94. The third-order valence-electron chi connectivity index (χ3n) is 1.78. The van der Waals surface area contributed by atoms with Gasteiger partial charge in [-0.3, -0.25) is 0 Å². The van der Waals surface area contributed by atoms with Gasteiger partial charge in [-0.05, 0) is 13.8 Å². The van der Waals surface area contributed by atoms with Crippen molar-refractivity contribution in [3.8, 4) is 0 Å². The number of hydrogen-bond acceptors (Lipinski definition) is 5. The third-order valence-corrected chi connectivity index (χ3v) is 1.78. The Bertz CT molecular complexity index is 280. The van der Waals surface area contributed by atoms with Gasteiger partial charge in [-0.25, -0.2) is 9.97 Å². The fourth-order valence-corrected chi connectivity index (χ4v) is 1.13. The highest BCUT2D eigenvalue weighted by Crippen LogP contribution is 2.07. The van der Waals surface area contributed by atoms with Gasteiger partial charge in [-0.2, -0.15) is 0 Å². The van der Waals surface area contributed by atoms with Gasteiger partial charge in [0.25, 0.3) is 0 Å². The van der Waals surface area contributed by atoms with E-state index in [2.05, 4.69) is 20.6 Å². The Morgan fingerprint density at radius 3 is 2.60 bits per heavy atom. The molecule has 15 heavy (non-hydrogen) atoms. The molecule has 1 rings (SSSR count). The van der Waals surface area contributed by atoms with Crippen molar-refractivity contribution < 1.29 is 4.74 Å². The molecule has 0 amide bonds. The van der Waals surface area contributed by atoms with Crippen molar-refractivity contribution in [3.63, 3.8) is 0 Å². The first-order valence-corrected chi connectivity index (χ1v) is 5.24. The van der Waals surface area contributed by atoms with E-state index in [4.69, 9.17) is 4.74 Å². The average Bonchev–Trinajstić information content (AvgIpc) is 2.26. The SMILES string of the molecule is CCNc1cc(NCCOCC)ncn1. The zero-order valence-corrected chi connectivity index (χ0v) is 9.29. The fourth-order valence-electron chi connectivity index (χ4n) is 1.13. The van der Waals surface area contributed by atoms with E-state index in [0.717, 1.165) is 31.3 Å². The maximum Gasteiger partial charge on any atom is 0.131 e. The Labute approximate surface area is 90.3 Å². The summed E-state index contributed by atoms with van der Waals surface area (Å²) in [6, 6.07) is 1.88. The Morgan fingerprint density at radius 2 is 1.93 bits per heavy atom. The fraction of sp³-hybridized carbons (Fsp3) is 0.600. The van der Waals surface area contributed by atoms with Crippen LogP contribution in [0.4, 0.5) is 11.6 Å². The molecule has 0 saturated carbocycles. The summed E-state index contributed by atoms with van der Waals surface area (Å²) in [6.45, 7) is 7.06. The third kappa shape index (κ3) is 4.60. The van der Waals surface area contributed by atoms with Crippen molar-refractivity contribution in [2.24, 2.45) is 0 Å². The molecule has 1 aromatic heterocycles. The van der Waals surface area contributed by atoms with Crippen LogP contribution < -0.4 is 10.6 Å². The van der Waals surface area contributed by atoms with Gasteiger partial charge in [-0.15, -0.1) is 0 Å². The quantitative estimate of drug-likeness (QED) is 0.665. The largest absolute Gasteiger partial charge is 0.380 e. The number of hydrogen-bond donors (Lipinski definition) is 2. The molecule has 0 fully saturated rings. The molecule has 0 aromatic carbocycles. The molecule has 0 bridgehead atoms. The van der Waals surface area contributed by atoms with Crippen molar-refractivity contribution in [1.29, 1.82) is 0 Å². The minimum Gasteiger partial charge on any atom is -0.380 e. The Hall–Kier alpha value is -1.36. The first kappa shape index (κ1) is 11.7. The maximum atomic E-state index is 5.21. The van der Waals surface area contributed by atoms with Crippen LogP contribution >= 0.6 is 0 Å². The predicted molar refractivity (Wildman–Crippen MR) is 61.2 cm³/mol. The topological polar surface area (TPSA) is 59.1 Å². The smallest absolute Gasteiger partial charge is 0.131 e. The summed E-state index contributed by atoms with van der Waals surface area (Å²) < 4.78 is 5.21. The van der Waals surface area contributed by atoms with Crippen molar-refractivity contribution in [2.75, 3.05) is 36.9 Å². The molecule has 0 radical (unpaired) electrons. The summed E-state index contributed by atoms with van der Waals surface area (Å²) in [5.41, 5.74) is 0. The predicted octanol–water partition coefficient (Wildman–Crippen LogP) is 1.36. The number of nitrogens with one attached hydrogen (secondary N) is 2. The van der Waals surface area contributed by atoms with Gasteiger partial charge in [0.2, 0.25) is 0 Å². The van der Waals surface area contributed by atoms with Crippen molar-refractivity contribution >= 4 is 11.6 Å². The second-order valence-corrected chi connectivity index (χ2v) is 2.94. The summed E-state index contributed by atoms with van der Waals surface area (Å²) in [5, 5.41) is 6.29. The number of nitrogens with zero attached hydrogens (tertiary/aromatic N) is 2. The van der Waals surface area contributed by atoms with E-state index in [0.29, 0.717) is 6.61 Å². The number of anilines is 2. The highest BCUT2D eigenvalue weighted by molar-refractivity contribution is 5.46. The maximum absolute atomic E-state index is 5.21. The molecule has 5 heteroatoms. The molecule has 2 N–H and O–H groups in total. The van der Waals surface area contributed by atoms with Crippen LogP contribution in [0.5, 0.6) is 0 Å². The van der Waals surface area contributed by atoms with Crippen LogP contribution in [0.1, 0.15) is 13.8 Å². The van der Waals surface area contributed by atoms with E-state index in [1.807, 2.05) is 19.9 Å². The molecule has 1 heterocycles. The van der Waals surface area contributed by atoms with Crippen LogP contribution in [-0.2, 0) is 4.74 Å². The van der Waals surface area contributed by atoms with E-state index in [1.165, 1.54) is 0 Å². The van der Waals surface area contributed by atoms with Gasteiger partial charge < -0.3 is 15.4 Å². The van der Waals surface area contributed by atoms with Crippen LogP contribution in [-0.4, -0.2) is 36.3 Å². The highest BCUT2D eigenvalue weighted by atomic mass is 16.5. The molecule has 0 aliphatic heterocycles. The minimum absolute atomic E-state index is 0.692. The summed E-state index contributed by atoms with van der Waals surface area (Å²) in [4.78, 5) is 8.18. The second kappa shape index (κ2) is 7.00. The Morgan fingerprint density at radius 1 is 1.20 bits per heavy atom. The lowest BCUT2D eigenvalue weighted by Crippen LogP contribution is -2.10. The van der Waals surface area contributed by atoms with Gasteiger partial charge in [0.1, 0.15) is 18.0 Å². The molecule has 0 aliphatic carbocycles. The summed E-state index contributed by atoms with van der Waals surface area (Å²) >= 11 is 0. The van der Waals surface area contributed by atoms with Crippen LogP contribution in [0.3, 0.4) is 0 Å². The molecular formula is C10H18N4O. The van der Waals surface area contributed by atoms with Gasteiger partial charge in [0, 0.05) is 25.8 Å². The first-order valence-electron chi connectivity index (χ1n) is 5.24. The Balaban J connectivity index is 2.36. The lowest BCUT2D eigenvalue weighted by molar-refractivity contribution is 0.158. The van der Waals surface area contributed by atoms with Crippen LogP contribution in [0.25, 0.3) is 0 Å². The summed E-state index contributed by atoms with van der Waals surface area (Å²) in [7, 11) is 0. The lowest BCUT2D eigenvalue weighted by atomic mass is 10.5. The first-order chi connectivity index (χ1) is 7.36. The van der Waals surface area contributed by atoms with E-state index in [1.54, 1.807) is 6.33 Å². The van der Waals surface area contributed by atoms with Gasteiger partial charge in [0.05, 0.1) is 6.61 Å². The van der Waals surface area contributed by atoms with E-state index in [-0.39, 0.29) is 0 Å². The lowest BCUT2D eigenvalue weighted by Gasteiger charge is -2.07. The summed E-state index contributed by atoms with van der Waals surface area (Å²) in [6.07, 6.45) is 1.54. The normalized spacial score (nSPS) is 10.0. The standard InChI is InChI=1S/C10H18N4O/c1-3-11-9-7-10(14-8-13-9)12-5-6-15-4-2/h7-8H,3-6H2,1-2H3,(H2,11,12,13,14). The zero-order valence-electron chi connectivity index (χ0n) is 9.29. The number of ether oxygens (including phenoxy) is 1. The van der Waals surface area contributed by atoms with Crippen molar-refractivity contribution in [3.05, 3.63) is 12.4 Å².